The molecule has 1 aromatic heterocycles. The molecular formula is C25H32IN3O3. The lowest BCUT2D eigenvalue weighted by atomic mass is 9.46. The number of nitrogens with zero attached hydrogens (tertiary/aromatic N) is 1. The molecule has 6 nitrogen and oxygen atoms in total. The first-order chi connectivity index (χ1) is 15.3. The monoisotopic (exact) mass is 549 g/mol. The van der Waals surface area contributed by atoms with Crippen LogP contribution in [-0.2, 0) is 11.2 Å². The zero-order chi connectivity index (χ0) is 20.7. The maximum absolute atomic E-state index is 6.12. The van der Waals surface area contributed by atoms with E-state index < -0.39 is 0 Å². The van der Waals surface area contributed by atoms with Gasteiger partial charge < -0.3 is 24.5 Å². The zero-order valence-corrected chi connectivity index (χ0v) is 20.6. The smallest absolute Gasteiger partial charge is 0.192 e. The van der Waals surface area contributed by atoms with E-state index in [4.69, 9.17) is 18.9 Å². The van der Waals surface area contributed by atoms with Gasteiger partial charge in [0.05, 0.1) is 25.0 Å². The molecule has 32 heavy (non-hydrogen) atoms. The average Bonchev–Trinajstić information content (AvgIpc) is 3.42. The van der Waals surface area contributed by atoms with Gasteiger partial charge in [-0.1, -0.05) is 24.6 Å². The minimum Gasteiger partial charge on any atom is -0.493 e. The van der Waals surface area contributed by atoms with Gasteiger partial charge in [-0.15, -0.1) is 24.0 Å². The summed E-state index contributed by atoms with van der Waals surface area (Å²) in [6.07, 6.45) is 8.92. The normalized spacial score (nSPS) is 29.6. The van der Waals surface area contributed by atoms with Crippen LogP contribution in [0.2, 0.25) is 0 Å². The molecule has 4 unspecified atom stereocenters. The van der Waals surface area contributed by atoms with Gasteiger partial charge in [-0.3, -0.25) is 4.99 Å². The van der Waals surface area contributed by atoms with Crippen molar-refractivity contribution in [3.8, 4) is 5.75 Å². The summed E-state index contributed by atoms with van der Waals surface area (Å²) >= 11 is 0. The highest BCUT2D eigenvalue weighted by Gasteiger charge is 2.66. The van der Waals surface area contributed by atoms with Crippen molar-refractivity contribution in [1.82, 2.24) is 10.6 Å². The first-order valence-corrected chi connectivity index (χ1v) is 11.8. The Balaban J connectivity index is 0.00000216. The molecule has 0 bridgehead atoms. The Morgan fingerprint density at radius 3 is 2.78 bits per heavy atom. The van der Waals surface area contributed by atoms with E-state index in [-0.39, 0.29) is 30.0 Å². The third-order valence-corrected chi connectivity index (χ3v) is 7.81. The van der Waals surface area contributed by atoms with E-state index in [1.165, 1.54) is 24.8 Å². The fourth-order valence-electron chi connectivity index (χ4n) is 6.13. The maximum atomic E-state index is 6.12. The molecule has 1 aromatic carbocycles. The molecule has 2 aliphatic heterocycles. The number of hydrogen-bond donors (Lipinski definition) is 2. The molecule has 1 spiro atoms. The van der Waals surface area contributed by atoms with Gasteiger partial charge in [0.2, 0.25) is 0 Å². The molecule has 2 N–H and O–H groups in total. The fraction of sp³-hybridized carbons (Fsp3) is 0.560. The number of fused-ring (bicyclic) bond motifs is 3. The molecule has 172 valence electrons. The molecule has 2 aromatic rings. The van der Waals surface area contributed by atoms with Crippen molar-refractivity contribution in [2.75, 3.05) is 19.8 Å². The molecule has 4 aliphatic rings. The van der Waals surface area contributed by atoms with Gasteiger partial charge in [0, 0.05) is 48.9 Å². The molecule has 1 saturated heterocycles. The third kappa shape index (κ3) is 3.81. The van der Waals surface area contributed by atoms with E-state index in [0.717, 1.165) is 49.9 Å². The van der Waals surface area contributed by atoms with Crippen molar-refractivity contribution in [1.29, 1.82) is 0 Å². The number of guanidine groups is 1. The van der Waals surface area contributed by atoms with Gasteiger partial charge >= 0.3 is 0 Å². The summed E-state index contributed by atoms with van der Waals surface area (Å²) in [6.45, 7) is 2.32. The molecule has 4 atom stereocenters. The minimum absolute atomic E-state index is 0. The SMILES string of the molecule is I.c1coc(CCN=C(NC2CCOc3ccccc32)NC2C3CCOC3C23CCC3)c1. The summed E-state index contributed by atoms with van der Waals surface area (Å²) in [7, 11) is 0. The van der Waals surface area contributed by atoms with Crippen LogP contribution in [-0.4, -0.2) is 37.9 Å². The van der Waals surface area contributed by atoms with Crippen LogP contribution in [0.15, 0.2) is 52.1 Å². The predicted molar refractivity (Wildman–Crippen MR) is 134 cm³/mol. The van der Waals surface area contributed by atoms with Crippen LogP contribution in [0, 0.1) is 11.3 Å². The number of halogens is 1. The van der Waals surface area contributed by atoms with Crippen LogP contribution in [0.25, 0.3) is 0 Å². The zero-order valence-electron chi connectivity index (χ0n) is 18.3. The highest BCUT2D eigenvalue weighted by molar-refractivity contribution is 14.0. The summed E-state index contributed by atoms with van der Waals surface area (Å²) in [4.78, 5) is 4.98. The Morgan fingerprint density at radius 2 is 1.97 bits per heavy atom. The van der Waals surface area contributed by atoms with E-state index in [2.05, 4.69) is 28.8 Å². The maximum Gasteiger partial charge on any atom is 0.192 e. The van der Waals surface area contributed by atoms with Crippen LogP contribution in [0.5, 0.6) is 5.75 Å². The van der Waals surface area contributed by atoms with Crippen molar-refractivity contribution >= 4 is 29.9 Å². The van der Waals surface area contributed by atoms with Crippen molar-refractivity contribution in [3.05, 3.63) is 54.0 Å². The Hall–Kier alpha value is -1.74. The van der Waals surface area contributed by atoms with E-state index >= 15 is 0 Å². The van der Waals surface area contributed by atoms with Gasteiger partial charge in [-0.25, -0.2) is 0 Å². The molecule has 6 rings (SSSR count). The van der Waals surface area contributed by atoms with Gasteiger partial charge in [-0.2, -0.15) is 0 Å². The van der Waals surface area contributed by atoms with E-state index in [1.807, 2.05) is 18.2 Å². The largest absolute Gasteiger partial charge is 0.493 e. The number of benzene rings is 1. The van der Waals surface area contributed by atoms with E-state index in [1.54, 1.807) is 6.26 Å². The standard InChI is InChI=1S/C25H31N3O3.HI/c1-2-7-21-18(6-1)20(10-16-30-21)27-24(26-13-8-17-5-3-14-29-17)28-22-19-9-15-31-23(19)25(22)11-4-12-25;/h1-3,5-7,14,19-20,22-23H,4,8-13,15-16H2,(H2,26,27,28);1H. The van der Waals surface area contributed by atoms with Crippen LogP contribution < -0.4 is 15.4 Å². The van der Waals surface area contributed by atoms with Crippen LogP contribution in [0.3, 0.4) is 0 Å². The van der Waals surface area contributed by atoms with Crippen molar-refractivity contribution in [3.63, 3.8) is 0 Å². The van der Waals surface area contributed by atoms with Crippen LogP contribution in [0.1, 0.15) is 49.5 Å². The second-order valence-electron chi connectivity index (χ2n) is 9.38. The first-order valence-electron chi connectivity index (χ1n) is 11.8. The summed E-state index contributed by atoms with van der Waals surface area (Å²) in [5.74, 6) is 3.47. The lowest BCUT2D eigenvalue weighted by Gasteiger charge is -2.63. The van der Waals surface area contributed by atoms with E-state index in [9.17, 15) is 0 Å². The summed E-state index contributed by atoms with van der Waals surface area (Å²) < 4.78 is 17.5. The Labute approximate surface area is 206 Å². The molecule has 7 heteroatoms. The van der Waals surface area contributed by atoms with Gasteiger partial charge in [0.1, 0.15) is 11.5 Å². The topological polar surface area (TPSA) is 68.0 Å². The predicted octanol–water partition coefficient (Wildman–Crippen LogP) is 4.46. The average molecular weight is 549 g/mol. The molecule has 0 radical (unpaired) electrons. The number of furan rings is 1. The molecule has 2 saturated carbocycles. The molecule has 3 fully saturated rings. The van der Waals surface area contributed by atoms with Crippen molar-refractivity contribution in [2.24, 2.45) is 16.3 Å². The Morgan fingerprint density at radius 1 is 1.06 bits per heavy atom. The minimum atomic E-state index is 0. The van der Waals surface area contributed by atoms with Crippen LogP contribution in [0.4, 0.5) is 0 Å². The Bertz CT molecular complexity index is 944. The number of rotatable bonds is 5. The second-order valence-corrected chi connectivity index (χ2v) is 9.38. The van der Waals surface area contributed by atoms with Crippen LogP contribution >= 0.6 is 24.0 Å². The van der Waals surface area contributed by atoms with Gasteiger partial charge in [0.25, 0.3) is 0 Å². The number of nitrogens with one attached hydrogen (secondary N) is 2. The first kappa shape index (κ1) is 22.1. The lowest BCUT2D eigenvalue weighted by Crippen LogP contribution is -2.72. The lowest BCUT2D eigenvalue weighted by molar-refractivity contribution is -0.171. The summed E-state index contributed by atoms with van der Waals surface area (Å²) in [5.41, 5.74) is 1.53. The molecule has 0 amide bonds. The fourth-order valence-corrected chi connectivity index (χ4v) is 6.13. The van der Waals surface area contributed by atoms with Gasteiger partial charge in [-0.05, 0) is 37.5 Å². The highest BCUT2D eigenvalue weighted by atomic mass is 127. The summed E-state index contributed by atoms with van der Waals surface area (Å²) in [6, 6.07) is 12.9. The summed E-state index contributed by atoms with van der Waals surface area (Å²) in [5, 5.41) is 7.61. The van der Waals surface area contributed by atoms with Crippen molar-refractivity contribution in [2.45, 2.75) is 56.7 Å². The number of aliphatic imine (C=N–C) groups is 1. The highest BCUT2D eigenvalue weighted by Crippen LogP contribution is 2.62. The second kappa shape index (κ2) is 9.25. The number of hydrogen-bond acceptors (Lipinski definition) is 4. The number of para-hydroxylation sites is 1. The molecule has 2 aliphatic carbocycles. The molecular weight excluding hydrogens is 517 g/mol. The molecule has 3 heterocycles. The van der Waals surface area contributed by atoms with Crippen molar-refractivity contribution < 1.29 is 13.9 Å². The third-order valence-electron chi connectivity index (χ3n) is 7.81. The quantitative estimate of drug-likeness (QED) is 0.328. The Kier molecular flexibility index (Phi) is 6.38. The van der Waals surface area contributed by atoms with E-state index in [0.29, 0.717) is 30.0 Å². The van der Waals surface area contributed by atoms with Gasteiger partial charge in [0.15, 0.2) is 5.96 Å². The number of ether oxygens (including phenoxy) is 2.